The van der Waals surface area contributed by atoms with Crippen LogP contribution in [0.4, 0.5) is 0 Å². The fraction of sp³-hybridized carbons (Fsp3) is 0.346. The zero-order valence-corrected chi connectivity index (χ0v) is 20.0. The van der Waals surface area contributed by atoms with Crippen LogP contribution in [0.25, 0.3) is 11.1 Å². The van der Waals surface area contributed by atoms with Crippen LogP contribution in [0, 0.1) is 6.92 Å². The first-order chi connectivity index (χ1) is 16.0. The summed E-state index contributed by atoms with van der Waals surface area (Å²) in [6.07, 6.45) is 7.46. The van der Waals surface area contributed by atoms with Gasteiger partial charge in [-0.1, -0.05) is 49.6 Å². The molecule has 1 saturated heterocycles. The molecule has 0 amide bonds. The maximum Gasteiger partial charge on any atom is 0.530 e. The van der Waals surface area contributed by atoms with Crippen LogP contribution in [0.3, 0.4) is 0 Å². The Bertz CT molecular complexity index is 1130. The fourth-order valence-corrected chi connectivity index (χ4v) is 5.44. The Balaban J connectivity index is 1.68. The number of hydrogen-bond acceptors (Lipinski definition) is 6. The van der Waals surface area contributed by atoms with Crippen molar-refractivity contribution < 1.29 is 23.2 Å². The van der Waals surface area contributed by atoms with E-state index in [9.17, 15) is 9.67 Å². The quantitative estimate of drug-likeness (QED) is 0.280. The highest BCUT2D eigenvalue weighted by molar-refractivity contribution is 7.49. The van der Waals surface area contributed by atoms with E-state index in [1.54, 1.807) is 18.5 Å². The van der Waals surface area contributed by atoms with E-state index >= 15 is 0 Å². The second kappa shape index (κ2) is 10.5. The lowest BCUT2D eigenvalue weighted by atomic mass is 9.98. The van der Waals surface area contributed by atoms with E-state index in [1.165, 1.54) is 0 Å². The Hall–Kier alpha value is -2.66. The molecule has 1 fully saturated rings. The standard InChI is InChI=1S/C26H30NO5P/c1-3-4-5-8-20-17-23(28)26(22-9-6-7-19(2)16-22)25(18-20)32-33(29)30-15-12-24(31-33)21-10-13-27-14-11-21/h6-7,9-11,13-14,16-18,24,28H,3-5,8,12,15H2,1-2H3. The summed E-state index contributed by atoms with van der Waals surface area (Å²) in [6, 6.07) is 15.0. The molecule has 0 bridgehead atoms. The van der Waals surface area contributed by atoms with Gasteiger partial charge in [-0.05, 0) is 60.7 Å². The third-order valence-electron chi connectivity index (χ3n) is 5.69. The van der Waals surface area contributed by atoms with Gasteiger partial charge in [-0.15, -0.1) is 0 Å². The molecule has 0 aliphatic carbocycles. The molecule has 1 aromatic heterocycles. The van der Waals surface area contributed by atoms with E-state index in [2.05, 4.69) is 11.9 Å². The zero-order valence-electron chi connectivity index (χ0n) is 19.1. The summed E-state index contributed by atoms with van der Waals surface area (Å²) in [5, 5.41) is 11.0. The van der Waals surface area contributed by atoms with Crippen molar-refractivity contribution in [2.24, 2.45) is 0 Å². The highest BCUT2D eigenvalue weighted by Gasteiger charge is 2.38. The summed E-state index contributed by atoms with van der Waals surface area (Å²) in [5.41, 5.74) is 4.08. The lowest BCUT2D eigenvalue weighted by Gasteiger charge is -2.29. The molecule has 1 aliphatic rings. The molecule has 1 aliphatic heterocycles. The van der Waals surface area contributed by atoms with Crippen molar-refractivity contribution in [1.29, 1.82) is 0 Å². The van der Waals surface area contributed by atoms with Gasteiger partial charge in [-0.2, -0.15) is 0 Å². The Morgan fingerprint density at radius 3 is 2.73 bits per heavy atom. The summed E-state index contributed by atoms with van der Waals surface area (Å²) in [6.45, 7) is 4.37. The van der Waals surface area contributed by atoms with Gasteiger partial charge in [0.2, 0.25) is 0 Å². The molecule has 1 N–H and O–H groups in total. The SMILES string of the molecule is CCCCCc1cc(O)c(-c2cccc(C)c2)c(OP2(=O)OCCC(c3ccncc3)O2)c1. The average molecular weight is 468 g/mol. The maximum atomic E-state index is 13.6. The minimum atomic E-state index is -3.92. The predicted molar refractivity (Wildman–Crippen MR) is 128 cm³/mol. The van der Waals surface area contributed by atoms with Crippen molar-refractivity contribution in [3.8, 4) is 22.6 Å². The molecule has 2 heterocycles. The number of phosphoric ester groups is 1. The number of hydrogen-bond donors (Lipinski definition) is 1. The Morgan fingerprint density at radius 1 is 1.15 bits per heavy atom. The smallest absolute Gasteiger partial charge is 0.507 e. The van der Waals surface area contributed by atoms with Crippen LogP contribution in [0.15, 0.2) is 60.9 Å². The molecule has 33 heavy (non-hydrogen) atoms. The van der Waals surface area contributed by atoms with E-state index in [1.807, 2.05) is 49.4 Å². The van der Waals surface area contributed by atoms with Gasteiger partial charge in [0.05, 0.1) is 18.3 Å². The Kier molecular flexibility index (Phi) is 7.49. The summed E-state index contributed by atoms with van der Waals surface area (Å²) in [5.74, 6) is 0.379. The van der Waals surface area contributed by atoms with E-state index in [-0.39, 0.29) is 12.4 Å². The first-order valence-electron chi connectivity index (χ1n) is 11.4. The summed E-state index contributed by atoms with van der Waals surface area (Å²) in [7, 11) is -3.92. The van der Waals surface area contributed by atoms with Crippen molar-refractivity contribution in [3.63, 3.8) is 0 Å². The minimum absolute atomic E-state index is 0.0823. The number of aryl methyl sites for hydroxylation is 2. The summed E-state index contributed by atoms with van der Waals surface area (Å²) < 4.78 is 30.9. The normalized spacial score (nSPS) is 20.5. The van der Waals surface area contributed by atoms with E-state index < -0.39 is 13.9 Å². The van der Waals surface area contributed by atoms with Gasteiger partial charge >= 0.3 is 7.82 Å². The van der Waals surface area contributed by atoms with Gasteiger partial charge in [-0.25, -0.2) is 4.57 Å². The van der Waals surface area contributed by atoms with Crippen molar-refractivity contribution >= 4 is 7.82 Å². The number of pyridine rings is 1. The molecule has 2 aromatic carbocycles. The number of aromatic hydroxyl groups is 1. The molecule has 2 atom stereocenters. The van der Waals surface area contributed by atoms with Crippen LogP contribution in [0.5, 0.6) is 11.5 Å². The number of unbranched alkanes of at least 4 members (excludes halogenated alkanes) is 2. The van der Waals surface area contributed by atoms with Crippen LogP contribution < -0.4 is 4.52 Å². The van der Waals surface area contributed by atoms with E-state index in [0.717, 1.165) is 47.9 Å². The molecular weight excluding hydrogens is 437 g/mol. The van der Waals surface area contributed by atoms with Crippen LogP contribution in [0.1, 0.15) is 55.4 Å². The first-order valence-corrected chi connectivity index (χ1v) is 12.9. The largest absolute Gasteiger partial charge is 0.530 e. The zero-order chi connectivity index (χ0) is 23.3. The molecule has 4 rings (SSSR count). The lowest BCUT2D eigenvalue weighted by molar-refractivity contribution is 0.0510. The molecule has 174 valence electrons. The highest BCUT2D eigenvalue weighted by atomic mass is 31.2. The molecule has 6 nitrogen and oxygen atoms in total. The van der Waals surface area contributed by atoms with Crippen LogP contribution >= 0.6 is 7.82 Å². The molecule has 0 saturated carbocycles. The lowest BCUT2D eigenvalue weighted by Crippen LogP contribution is -2.16. The van der Waals surface area contributed by atoms with Gasteiger partial charge in [-0.3, -0.25) is 14.0 Å². The van der Waals surface area contributed by atoms with Gasteiger partial charge in [0.25, 0.3) is 0 Å². The van der Waals surface area contributed by atoms with Crippen molar-refractivity contribution in [2.75, 3.05) is 6.61 Å². The van der Waals surface area contributed by atoms with E-state index in [0.29, 0.717) is 17.7 Å². The number of phenolic OH excluding ortho intramolecular Hbond substituents is 1. The molecular formula is C26H30NO5P. The second-order valence-corrected chi connectivity index (χ2v) is 9.90. The predicted octanol–water partition coefficient (Wildman–Crippen LogP) is 7.16. The molecule has 7 heteroatoms. The topological polar surface area (TPSA) is 77.9 Å². The summed E-state index contributed by atoms with van der Waals surface area (Å²) >= 11 is 0. The molecule has 0 radical (unpaired) electrons. The first kappa shape index (κ1) is 23.5. The highest BCUT2D eigenvalue weighted by Crippen LogP contribution is 2.58. The van der Waals surface area contributed by atoms with Gasteiger partial charge in [0, 0.05) is 18.8 Å². The third kappa shape index (κ3) is 5.83. The Labute approximate surface area is 195 Å². The monoisotopic (exact) mass is 467 g/mol. The average Bonchev–Trinajstić information content (AvgIpc) is 2.79. The molecule has 2 unspecified atom stereocenters. The number of phosphoric acid groups is 1. The molecule has 0 spiro atoms. The van der Waals surface area contributed by atoms with E-state index in [4.69, 9.17) is 13.6 Å². The Morgan fingerprint density at radius 2 is 1.97 bits per heavy atom. The molecule has 3 aromatic rings. The maximum absolute atomic E-state index is 13.6. The van der Waals surface area contributed by atoms with Gasteiger partial charge in [0.1, 0.15) is 11.5 Å². The van der Waals surface area contributed by atoms with Crippen molar-refractivity contribution in [1.82, 2.24) is 4.98 Å². The summed E-state index contributed by atoms with van der Waals surface area (Å²) in [4.78, 5) is 4.03. The fourth-order valence-electron chi connectivity index (χ4n) is 4.03. The van der Waals surface area contributed by atoms with Crippen LogP contribution in [0.2, 0.25) is 0 Å². The van der Waals surface area contributed by atoms with Crippen molar-refractivity contribution in [3.05, 3.63) is 77.6 Å². The number of aromatic nitrogens is 1. The number of rotatable bonds is 8. The third-order valence-corrected chi connectivity index (χ3v) is 7.12. The van der Waals surface area contributed by atoms with Crippen molar-refractivity contribution in [2.45, 2.75) is 52.1 Å². The van der Waals surface area contributed by atoms with Gasteiger partial charge in [0.15, 0.2) is 0 Å². The van der Waals surface area contributed by atoms with Crippen LogP contribution in [-0.4, -0.2) is 16.7 Å². The van der Waals surface area contributed by atoms with Crippen LogP contribution in [-0.2, 0) is 20.0 Å². The van der Waals surface area contributed by atoms with Gasteiger partial charge < -0.3 is 9.63 Å². The second-order valence-electron chi connectivity index (χ2n) is 8.35. The minimum Gasteiger partial charge on any atom is -0.507 e. The number of nitrogens with zero attached hydrogens (tertiary/aromatic N) is 1. The number of benzene rings is 2. The number of phenols is 1.